The van der Waals surface area contributed by atoms with Crippen molar-refractivity contribution in [1.82, 2.24) is 9.88 Å². The van der Waals surface area contributed by atoms with Crippen LogP contribution >= 0.6 is 11.8 Å². The Morgan fingerprint density at radius 1 is 1.36 bits per heavy atom. The van der Waals surface area contributed by atoms with Gasteiger partial charge in [-0.1, -0.05) is 30.4 Å². The molecule has 1 aliphatic carbocycles. The zero-order valence-electron chi connectivity index (χ0n) is 16.0. The average molecular weight is 390 g/mol. The van der Waals surface area contributed by atoms with Gasteiger partial charge in [0, 0.05) is 36.0 Å². The van der Waals surface area contributed by atoms with Crippen molar-refractivity contribution in [3.63, 3.8) is 0 Å². The highest BCUT2D eigenvalue weighted by Gasteiger charge is 2.29. The van der Waals surface area contributed by atoms with Crippen molar-refractivity contribution in [2.75, 3.05) is 18.7 Å². The molecule has 1 fully saturated rings. The molecule has 0 N–H and O–H groups in total. The van der Waals surface area contributed by atoms with E-state index in [-0.39, 0.29) is 6.04 Å². The Labute approximate surface area is 169 Å². The van der Waals surface area contributed by atoms with Gasteiger partial charge in [-0.3, -0.25) is 9.98 Å². The van der Waals surface area contributed by atoms with Crippen molar-refractivity contribution < 1.29 is 4.74 Å². The Morgan fingerprint density at radius 2 is 2.32 bits per heavy atom. The third-order valence-electron chi connectivity index (χ3n) is 5.46. The lowest BCUT2D eigenvalue weighted by molar-refractivity contribution is 0.181. The standard InChI is InChI=1S/C23H23N3OS/c1-27-13-19-10-20-17(11-24-19)7-4-8-21(20)25-22-14-28-15-26-12-18-6-3-2-5-16(18)9-23(22)26/h3-4,6-12,23H,2,5,13-15H2,1H3. The summed E-state index contributed by atoms with van der Waals surface area (Å²) in [6, 6.07) is 8.64. The van der Waals surface area contributed by atoms with E-state index in [1.54, 1.807) is 7.11 Å². The van der Waals surface area contributed by atoms with Gasteiger partial charge in [0.25, 0.3) is 0 Å². The smallest absolute Gasteiger partial charge is 0.0884 e. The van der Waals surface area contributed by atoms with Gasteiger partial charge in [-0.05, 0) is 36.1 Å². The number of allylic oxidation sites excluding steroid dienone is 4. The first-order valence-electron chi connectivity index (χ1n) is 9.69. The van der Waals surface area contributed by atoms with Crippen molar-refractivity contribution >= 4 is 33.9 Å². The van der Waals surface area contributed by atoms with Crippen LogP contribution in [0, 0.1) is 0 Å². The molecule has 3 heterocycles. The number of pyridine rings is 1. The largest absolute Gasteiger partial charge is 0.378 e. The monoisotopic (exact) mass is 389 g/mol. The number of fused-ring (bicyclic) bond motifs is 3. The second-order valence-electron chi connectivity index (χ2n) is 7.36. The topological polar surface area (TPSA) is 37.7 Å². The summed E-state index contributed by atoms with van der Waals surface area (Å²) in [6.45, 7) is 0.514. The fraction of sp³-hybridized carbons (Fsp3) is 0.304. The molecule has 1 aromatic heterocycles. The molecule has 2 aromatic rings. The molecule has 3 aliphatic rings. The molecule has 1 aromatic carbocycles. The van der Waals surface area contributed by atoms with Crippen LogP contribution in [-0.2, 0) is 11.3 Å². The van der Waals surface area contributed by atoms with E-state index in [4.69, 9.17) is 9.73 Å². The highest BCUT2D eigenvalue weighted by molar-refractivity contribution is 8.00. The Hall–Kier alpha value is -2.37. The van der Waals surface area contributed by atoms with Gasteiger partial charge in [0.2, 0.25) is 0 Å². The van der Waals surface area contributed by atoms with Crippen molar-refractivity contribution in [2.45, 2.75) is 25.5 Å². The molecule has 0 radical (unpaired) electrons. The van der Waals surface area contributed by atoms with Gasteiger partial charge in [-0.2, -0.15) is 0 Å². The van der Waals surface area contributed by atoms with E-state index < -0.39 is 0 Å². The molecule has 1 saturated heterocycles. The summed E-state index contributed by atoms with van der Waals surface area (Å²) in [5.74, 6) is 1.98. The van der Waals surface area contributed by atoms with Crippen LogP contribution in [0.25, 0.3) is 10.8 Å². The number of nitrogens with zero attached hydrogens (tertiary/aromatic N) is 3. The molecule has 5 rings (SSSR count). The molecular weight excluding hydrogens is 366 g/mol. The summed E-state index contributed by atoms with van der Waals surface area (Å²) < 4.78 is 5.26. The van der Waals surface area contributed by atoms with Gasteiger partial charge in [-0.15, -0.1) is 11.8 Å². The highest BCUT2D eigenvalue weighted by atomic mass is 32.2. The quantitative estimate of drug-likeness (QED) is 0.740. The third-order valence-corrected chi connectivity index (χ3v) is 6.44. The number of ether oxygens (including phenoxy) is 1. The summed E-state index contributed by atoms with van der Waals surface area (Å²) in [4.78, 5) is 12.1. The van der Waals surface area contributed by atoms with Crippen molar-refractivity contribution in [3.8, 4) is 0 Å². The highest BCUT2D eigenvalue weighted by Crippen LogP contribution is 2.34. The number of aromatic nitrogens is 1. The SMILES string of the molecule is COCc1cc2c(N=C3CSCN4C=C5C=CCCC5=CC34)cccc2cn1. The zero-order valence-corrected chi connectivity index (χ0v) is 16.8. The van der Waals surface area contributed by atoms with E-state index in [9.17, 15) is 0 Å². The number of benzene rings is 1. The van der Waals surface area contributed by atoms with Crippen LogP contribution in [0.4, 0.5) is 5.69 Å². The number of rotatable bonds is 3. The summed E-state index contributed by atoms with van der Waals surface area (Å²) in [5.41, 5.74) is 6.01. The van der Waals surface area contributed by atoms with Crippen LogP contribution in [-0.4, -0.2) is 40.4 Å². The molecule has 28 heavy (non-hydrogen) atoms. The molecule has 1 atom stereocenters. The fourth-order valence-electron chi connectivity index (χ4n) is 4.07. The summed E-state index contributed by atoms with van der Waals surface area (Å²) in [5, 5.41) is 2.25. The number of hydrogen-bond donors (Lipinski definition) is 0. The maximum atomic E-state index is 5.26. The maximum Gasteiger partial charge on any atom is 0.0884 e. The van der Waals surface area contributed by atoms with Gasteiger partial charge in [0.05, 0.1) is 35.6 Å². The van der Waals surface area contributed by atoms with Crippen LogP contribution in [0.1, 0.15) is 18.5 Å². The average Bonchev–Trinajstić information content (AvgIpc) is 2.73. The minimum absolute atomic E-state index is 0.266. The summed E-state index contributed by atoms with van der Waals surface area (Å²) in [6.07, 6.45) is 13.5. The number of thioether (sulfide) groups is 1. The Balaban J connectivity index is 1.55. The lowest BCUT2D eigenvalue weighted by atomic mass is 9.90. The molecule has 142 valence electrons. The number of methoxy groups -OCH3 is 1. The second-order valence-corrected chi connectivity index (χ2v) is 8.32. The lowest BCUT2D eigenvalue weighted by Gasteiger charge is -2.38. The van der Waals surface area contributed by atoms with Gasteiger partial charge < -0.3 is 9.64 Å². The molecule has 0 bridgehead atoms. The predicted molar refractivity (Wildman–Crippen MR) is 117 cm³/mol. The Bertz CT molecular complexity index is 1040. The third kappa shape index (κ3) is 3.29. The fourth-order valence-corrected chi connectivity index (χ4v) is 5.05. The normalized spacial score (nSPS) is 22.7. The Kier molecular flexibility index (Phi) is 4.79. The second kappa shape index (κ2) is 7.57. The molecule has 5 heteroatoms. The van der Waals surface area contributed by atoms with Gasteiger partial charge in [0.15, 0.2) is 0 Å². The first kappa shape index (κ1) is 17.7. The van der Waals surface area contributed by atoms with Crippen LogP contribution in [0.5, 0.6) is 0 Å². The summed E-state index contributed by atoms with van der Waals surface area (Å²) >= 11 is 1.93. The molecule has 0 saturated carbocycles. The first-order valence-corrected chi connectivity index (χ1v) is 10.8. The number of aliphatic imine (C=N–C) groups is 1. The molecular formula is C23H23N3OS. The molecule has 1 unspecified atom stereocenters. The minimum Gasteiger partial charge on any atom is -0.378 e. The van der Waals surface area contributed by atoms with Crippen LogP contribution in [0.15, 0.2) is 71.0 Å². The maximum absolute atomic E-state index is 5.26. The van der Waals surface area contributed by atoms with Crippen molar-refractivity contribution in [2.24, 2.45) is 4.99 Å². The van der Waals surface area contributed by atoms with Gasteiger partial charge >= 0.3 is 0 Å². The molecule has 4 nitrogen and oxygen atoms in total. The van der Waals surface area contributed by atoms with Crippen LogP contribution in [0.2, 0.25) is 0 Å². The minimum atomic E-state index is 0.266. The van der Waals surface area contributed by atoms with E-state index in [2.05, 4.69) is 58.6 Å². The molecule has 2 aliphatic heterocycles. The van der Waals surface area contributed by atoms with E-state index in [0.29, 0.717) is 6.61 Å². The van der Waals surface area contributed by atoms with Crippen molar-refractivity contribution in [3.05, 3.63) is 71.7 Å². The predicted octanol–water partition coefficient (Wildman–Crippen LogP) is 5.00. The zero-order chi connectivity index (χ0) is 18.9. The molecule has 0 spiro atoms. The van der Waals surface area contributed by atoms with Gasteiger partial charge in [0.1, 0.15) is 0 Å². The first-order chi connectivity index (χ1) is 13.8. The molecule has 0 amide bonds. The summed E-state index contributed by atoms with van der Waals surface area (Å²) in [7, 11) is 1.70. The van der Waals surface area contributed by atoms with Crippen LogP contribution < -0.4 is 0 Å². The van der Waals surface area contributed by atoms with E-state index in [1.807, 2.05) is 18.0 Å². The lowest BCUT2D eigenvalue weighted by Crippen LogP contribution is -2.43. The van der Waals surface area contributed by atoms with E-state index >= 15 is 0 Å². The van der Waals surface area contributed by atoms with E-state index in [1.165, 1.54) is 16.9 Å². The van der Waals surface area contributed by atoms with Crippen LogP contribution in [0.3, 0.4) is 0 Å². The number of hydrogen-bond acceptors (Lipinski definition) is 5. The van der Waals surface area contributed by atoms with Gasteiger partial charge in [-0.25, -0.2) is 0 Å². The van der Waals surface area contributed by atoms with E-state index in [0.717, 1.165) is 46.6 Å². The Morgan fingerprint density at radius 3 is 3.25 bits per heavy atom. The van der Waals surface area contributed by atoms with Crippen molar-refractivity contribution in [1.29, 1.82) is 0 Å².